The highest BCUT2D eigenvalue weighted by Crippen LogP contribution is 2.17. The molecule has 5 aromatic rings. The maximum absolute atomic E-state index is 13.1. The smallest absolute Gasteiger partial charge is 0.407 e. The van der Waals surface area contributed by atoms with Crippen molar-refractivity contribution in [3.05, 3.63) is 135 Å². The summed E-state index contributed by atoms with van der Waals surface area (Å²) in [4.78, 5) is 38.2. The second-order valence-corrected chi connectivity index (χ2v) is 13.1. The average molecular weight is 686 g/mol. The number of benzene rings is 3. The van der Waals surface area contributed by atoms with Gasteiger partial charge in [0.2, 0.25) is 0 Å². The summed E-state index contributed by atoms with van der Waals surface area (Å²) >= 11 is 2.87. The molecule has 0 spiro atoms. The lowest BCUT2D eigenvalue weighted by molar-refractivity contribution is 0.126. The summed E-state index contributed by atoms with van der Waals surface area (Å²) in [7, 11) is 1.65. The molecule has 250 valence electrons. The molecule has 0 saturated heterocycles. The molecule has 2 amide bonds. The summed E-state index contributed by atoms with van der Waals surface area (Å²) in [5.74, 6) is 0.753. The van der Waals surface area contributed by atoms with Gasteiger partial charge < -0.3 is 24.8 Å². The van der Waals surface area contributed by atoms with Crippen LogP contribution in [0.4, 0.5) is 9.59 Å². The predicted octanol–water partition coefficient (Wildman–Crippen LogP) is 6.49. The van der Waals surface area contributed by atoms with E-state index in [9.17, 15) is 9.59 Å². The van der Waals surface area contributed by atoms with Crippen LogP contribution in [-0.2, 0) is 42.1 Å². The lowest BCUT2D eigenvalue weighted by Gasteiger charge is -2.32. The van der Waals surface area contributed by atoms with Crippen LogP contribution in [0.5, 0.6) is 5.75 Å². The molecule has 0 aliphatic carbocycles. The number of amides is 2. The number of rotatable bonds is 17. The van der Waals surface area contributed by atoms with E-state index in [1.54, 1.807) is 30.5 Å². The zero-order valence-corrected chi connectivity index (χ0v) is 28.3. The number of hydrogen-bond acceptors (Lipinski definition) is 10. The third kappa shape index (κ3) is 11.8. The fourth-order valence-electron chi connectivity index (χ4n) is 5.29. The Labute approximate surface area is 288 Å². The number of thiazole rings is 2. The summed E-state index contributed by atoms with van der Waals surface area (Å²) in [6.07, 6.45) is 3.54. The first-order valence-corrected chi connectivity index (χ1v) is 17.3. The number of nitrogens with zero attached hydrogens (tertiary/aromatic N) is 3. The van der Waals surface area contributed by atoms with Gasteiger partial charge in [-0.2, -0.15) is 0 Å². The molecule has 2 heterocycles. The molecule has 0 saturated carbocycles. The molecule has 3 aromatic carbocycles. The molecule has 10 nitrogen and oxygen atoms in total. The maximum atomic E-state index is 13.1. The van der Waals surface area contributed by atoms with E-state index in [-0.39, 0.29) is 25.3 Å². The molecule has 5 rings (SSSR count). The number of hydrogen-bond donors (Lipinski definition) is 2. The van der Waals surface area contributed by atoms with E-state index in [1.807, 2.05) is 84.9 Å². The van der Waals surface area contributed by atoms with Crippen molar-refractivity contribution in [3.63, 3.8) is 0 Å². The molecule has 48 heavy (non-hydrogen) atoms. The molecular weight excluding hydrogens is 647 g/mol. The first-order valence-electron chi connectivity index (χ1n) is 15.6. The fourth-order valence-corrected chi connectivity index (χ4v) is 6.30. The van der Waals surface area contributed by atoms with Gasteiger partial charge in [-0.25, -0.2) is 9.59 Å². The average Bonchev–Trinajstić information content (AvgIpc) is 3.83. The Hall–Kier alpha value is -4.78. The Morgan fingerprint density at radius 2 is 1.21 bits per heavy atom. The van der Waals surface area contributed by atoms with Gasteiger partial charge in [-0.1, -0.05) is 72.8 Å². The summed E-state index contributed by atoms with van der Waals surface area (Å²) in [5, 5.41) is 6.21. The van der Waals surface area contributed by atoms with Gasteiger partial charge in [-0.15, -0.1) is 22.7 Å². The largest absolute Gasteiger partial charge is 0.497 e. The minimum Gasteiger partial charge on any atom is -0.497 e. The molecule has 0 aliphatic rings. The summed E-state index contributed by atoms with van der Waals surface area (Å²) in [5.41, 5.74) is 6.61. The van der Waals surface area contributed by atoms with Crippen LogP contribution < -0.4 is 15.4 Å². The van der Waals surface area contributed by atoms with Crippen LogP contribution >= 0.6 is 22.7 Å². The lowest BCUT2D eigenvalue weighted by atomic mass is 10.0. The van der Waals surface area contributed by atoms with E-state index in [0.717, 1.165) is 32.2 Å². The van der Waals surface area contributed by atoms with E-state index in [2.05, 4.69) is 25.5 Å². The van der Waals surface area contributed by atoms with Crippen LogP contribution in [0.2, 0.25) is 0 Å². The third-order valence-electron chi connectivity index (χ3n) is 7.45. The molecule has 0 fully saturated rings. The van der Waals surface area contributed by atoms with Crippen molar-refractivity contribution in [2.75, 3.05) is 20.2 Å². The summed E-state index contributed by atoms with van der Waals surface area (Å²) in [6.45, 7) is 1.79. The number of ether oxygens (including phenoxy) is 3. The maximum Gasteiger partial charge on any atom is 0.407 e. The van der Waals surface area contributed by atoms with Gasteiger partial charge >= 0.3 is 12.2 Å². The Morgan fingerprint density at radius 1 is 0.708 bits per heavy atom. The van der Waals surface area contributed by atoms with E-state index in [0.29, 0.717) is 32.5 Å². The first-order chi connectivity index (χ1) is 23.5. The third-order valence-corrected chi connectivity index (χ3v) is 8.96. The number of aromatic nitrogens is 2. The number of carbonyl (C=O) groups is 2. The minimum atomic E-state index is -0.503. The molecule has 0 unspecified atom stereocenters. The van der Waals surface area contributed by atoms with Crippen LogP contribution in [0, 0.1) is 0 Å². The number of carbonyl (C=O) groups excluding carboxylic acids is 2. The number of nitrogens with one attached hydrogen (secondary N) is 2. The zero-order valence-electron chi connectivity index (χ0n) is 26.7. The van der Waals surface area contributed by atoms with Crippen LogP contribution in [-0.4, -0.2) is 59.3 Å². The zero-order chi connectivity index (χ0) is 33.4. The predicted molar refractivity (Wildman–Crippen MR) is 187 cm³/mol. The molecule has 0 radical (unpaired) electrons. The van der Waals surface area contributed by atoms with Crippen LogP contribution in [0.1, 0.15) is 26.4 Å². The second-order valence-electron chi connectivity index (χ2n) is 11.2. The highest BCUT2D eigenvalue weighted by atomic mass is 32.1. The molecule has 0 aliphatic heterocycles. The second kappa shape index (κ2) is 18.5. The van der Waals surface area contributed by atoms with E-state index in [1.165, 1.54) is 22.7 Å². The summed E-state index contributed by atoms with van der Waals surface area (Å²) < 4.78 is 16.6. The highest BCUT2D eigenvalue weighted by Gasteiger charge is 2.23. The van der Waals surface area contributed by atoms with Crippen molar-refractivity contribution in [3.8, 4) is 5.75 Å². The van der Waals surface area contributed by atoms with Crippen molar-refractivity contribution in [1.82, 2.24) is 25.5 Å². The van der Waals surface area contributed by atoms with Gasteiger partial charge in [-0.3, -0.25) is 14.9 Å². The first kappa shape index (κ1) is 34.6. The van der Waals surface area contributed by atoms with Gasteiger partial charge in [0, 0.05) is 44.1 Å². The van der Waals surface area contributed by atoms with Gasteiger partial charge in [0.25, 0.3) is 0 Å². The quantitative estimate of drug-likeness (QED) is 0.114. The topological polar surface area (TPSA) is 115 Å². The van der Waals surface area contributed by atoms with Crippen LogP contribution in [0.3, 0.4) is 0 Å². The molecule has 2 N–H and O–H groups in total. The number of methoxy groups -OCH3 is 1. The summed E-state index contributed by atoms with van der Waals surface area (Å²) in [6, 6.07) is 27.4. The molecule has 2 atom stereocenters. The minimum absolute atomic E-state index is 0.148. The van der Waals surface area contributed by atoms with Crippen LogP contribution in [0.15, 0.2) is 108 Å². The normalized spacial score (nSPS) is 12.2. The highest BCUT2D eigenvalue weighted by molar-refractivity contribution is 7.09. The van der Waals surface area contributed by atoms with Crippen molar-refractivity contribution in [2.24, 2.45) is 0 Å². The Balaban J connectivity index is 1.36. The van der Waals surface area contributed by atoms with Crippen molar-refractivity contribution in [2.45, 2.75) is 44.7 Å². The van der Waals surface area contributed by atoms with Crippen molar-refractivity contribution < 1.29 is 23.8 Å². The van der Waals surface area contributed by atoms with Gasteiger partial charge in [0.05, 0.1) is 27.9 Å². The molecular formula is C36H39N5O5S2. The van der Waals surface area contributed by atoms with Crippen LogP contribution in [0.25, 0.3) is 0 Å². The Kier molecular flexibility index (Phi) is 13.3. The van der Waals surface area contributed by atoms with Crippen molar-refractivity contribution in [1.29, 1.82) is 0 Å². The van der Waals surface area contributed by atoms with E-state index >= 15 is 0 Å². The molecule has 0 bridgehead atoms. The SMILES string of the molecule is COc1cccc(CN(C[C@@H](Cc2ccccc2)NC(=O)OCc2cncs2)C[C@H](Cc2ccccc2)NC(=O)OCc2cncs2)c1. The molecule has 2 aromatic heterocycles. The Morgan fingerprint density at radius 3 is 1.67 bits per heavy atom. The van der Waals surface area contributed by atoms with Gasteiger partial charge in [-0.05, 0) is 41.7 Å². The molecule has 12 heteroatoms. The monoisotopic (exact) mass is 685 g/mol. The van der Waals surface area contributed by atoms with Gasteiger partial charge in [0.1, 0.15) is 19.0 Å². The van der Waals surface area contributed by atoms with Gasteiger partial charge in [0.15, 0.2) is 0 Å². The standard InChI is InChI=1S/C36H39N5O5S2/c1-44-32-14-8-13-29(17-32)20-41(21-30(15-27-9-4-2-5-10-27)39-35(42)45-23-33-18-37-25-47-33)22-31(16-28-11-6-3-7-12-28)40-36(43)46-24-34-19-38-26-48-34/h2-14,17-19,25-26,30-31H,15-16,20-24H2,1H3,(H,39,42)(H,40,43)/t30-,31+. The fraction of sp³-hybridized carbons (Fsp3) is 0.278. The van der Waals surface area contributed by atoms with E-state index in [4.69, 9.17) is 14.2 Å². The Bertz CT molecular complexity index is 1560. The van der Waals surface area contributed by atoms with Crippen molar-refractivity contribution >= 4 is 34.9 Å². The van der Waals surface area contributed by atoms with E-state index < -0.39 is 12.2 Å². The lowest BCUT2D eigenvalue weighted by Crippen LogP contribution is -2.50. The number of alkyl carbamates (subject to hydrolysis) is 2.